The molecular weight excluding hydrogens is 704 g/mol. The number of benzene rings is 4. The summed E-state index contributed by atoms with van der Waals surface area (Å²) >= 11 is 0. The number of rotatable bonds is 14. The highest BCUT2D eigenvalue weighted by Crippen LogP contribution is 2.42. The zero-order valence-electron chi connectivity index (χ0n) is 29.9. The average Bonchev–Trinajstić information content (AvgIpc) is 3.12. The molecule has 0 saturated carbocycles. The van der Waals surface area contributed by atoms with E-state index in [1.165, 1.54) is 24.3 Å². The molecular formula is C38H40N4O12. The monoisotopic (exact) mass is 744 g/mol. The van der Waals surface area contributed by atoms with Gasteiger partial charge in [-0.15, -0.1) is 0 Å². The predicted octanol–water partition coefficient (Wildman–Crippen LogP) is 8.55. The van der Waals surface area contributed by atoms with Crippen LogP contribution < -0.4 is 9.47 Å². The fourth-order valence-corrected chi connectivity index (χ4v) is 6.69. The lowest BCUT2D eigenvalue weighted by atomic mass is 9.90. The summed E-state index contributed by atoms with van der Waals surface area (Å²) in [6, 6.07) is 9.59. The Bertz CT molecular complexity index is 1870. The SMILES string of the molecule is CCCCCOc1c2cc([N+](=O)[O-])cc1Cc1cc([N+](=O)[O-])cc(c1O)Cc1cc([N+](=O)[O-])cc(c1OCCCCC)Cc1cc([N+](=O)[O-])cc(c1O)C2. The highest BCUT2D eigenvalue weighted by atomic mass is 16.6. The Balaban J connectivity index is 1.86. The lowest BCUT2D eigenvalue weighted by Crippen LogP contribution is -2.09. The van der Waals surface area contributed by atoms with Crippen LogP contribution in [0, 0.1) is 40.5 Å². The smallest absolute Gasteiger partial charge is 0.270 e. The maximum Gasteiger partial charge on any atom is 0.270 e. The normalized spacial score (nSPS) is 12.2. The number of hydrogen-bond donors (Lipinski definition) is 2. The van der Waals surface area contributed by atoms with Gasteiger partial charge in [-0.25, -0.2) is 0 Å². The molecule has 0 spiro atoms. The van der Waals surface area contributed by atoms with Crippen molar-refractivity contribution in [3.8, 4) is 23.0 Å². The van der Waals surface area contributed by atoms with E-state index >= 15 is 0 Å². The van der Waals surface area contributed by atoms with Gasteiger partial charge in [-0.05, 0) is 12.8 Å². The molecule has 1 aliphatic carbocycles. The molecule has 5 rings (SSSR count). The molecule has 0 aromatic heterocycles. The van der Waals surface area contributed by atoms with E-state index in [0.717, 1.165) is 49.9 Å². The fraction of sp³-hybridized carbons (Fsp3) is 0.368. The van der Waals surface area contributed by atoms with Gasteiger partial charge in [0.2, 0.25) is 0 Å². The molecule has 0 aliphatic heterocycles. The molecule has 0 heterocycles. The molecule has 16 heteroatoms. The number of ether oxygens (including phenoxy) is 2. The molecule has 2 N–H and O–H groups in total. The number of non-ortho nitro benzene ring substituents is 4. The average molecular weight is 745 g/mol. The van der Waals surface area contributed by atoms with E-state index in [-0.39, 0.29) is 118 Å². The maximum atomic E-state index is 12.2. The van der Waals surface area contributed by atoms with Gasteiger partial charge in [0.05, 0.1) is 32.9 Å². The third-order valence-corrected chi connectivity index (χ3v) is 9.32. The van der Waals surface area contributed by atoms with E-state index in [9.17, 15) is 50.7 Å². The molecule has 4 aromatic carbocycles. The van der Waals surface area contributed by atoms with Crippen LogP contribution in [0.3, 0.4) is 0 Å². The minimum atomic E-state index is -0.644. The van der Waals surface area contributed by atoms with Crippen molar-refractivity contribution >= 4 is 22.7 Å². The van der Waals surface area contributed by atoms with Crippen molar-refractivity contribution in [3.63, 3.8) is 0 Å². The van der Waals surface area contributed by atoms with Crippen LogP contribution in [0.1, 0.15) is 96.9 Å². The van der Waals surface area contributed by atoms with Gasteiger partial charge in [-0.3, -0.25) is 40.5 Å². The molecule has 4 aromatic rings. The zero-order valence-corrected chi connectivity index (χ0v) is 29.9. The lowest BCUT2D eigenvalue weighted by Gasteiger charge is -2.20. The second-order valence-electron chi connectivity index (χ2n) is 13.3. The minimum Gasteiger partial charge on any atom is -0.507 e. The van der Waals surface area contributed by atoms with E-state index in [4.69, 9.17) is 9.47 Å². The summed E-state index contributed by atoms with van der Waals surface area (Å²) in [4.78, 5) is 46.3. The number of unbranched alkanes of at least 4 members (excludes halogenated alkanes) is 4. The van der Waals surface area contributed by atoms with Crippen molar-refractivity contribution in [1.82, 2.24) is 0 Å². The number of phenolic OH excluding ortho intramolecular Hbond substituents is 2. The van der Waals surface area contributed by atoms with Crippen LogP contribution in [0.2, 0.25) is 0 Å². The molecule has 1 aliphatic rings. The van der Waals surface area contributed by atoms with Gasteiger partial charge >= 0.3 is 0 Å². The summed E-state index contributed by atoms with van der Waals surface area (Å²) in [5, 5.41) is 72.3. The highest BCUT2D eigenvalue weighted by Gasteiger charge is 2.28. The number of nitrogens with zero attached hydrogens (tertiary/aromatic N) is 4. The predicted molar refractivity (Wildman–Crippen MR) is 197 cm³/mol. The van der Waals surface area contributed by atoms with Crippen LogP contribution in [0.25, 0.3) is 0 Å². The largest absolute Gasteiger partial charge is 0.507 e. The standard InChI is InChI=1S/C38H40N4O12/c1-3-5-7-9-53-37-27-11-23-15-31(39(45)46)17-25(35(23)43)13-29-21-34(42(51)52)22-30(38(29)54-10-8-6-4-2)14-26-18-32(40(47)48)16-24(36(26)44)12-28(37)20-33(19-27)41(49)50/h15-22,43-44H,3-14H2,1-2H3. The summed E-state index contributed by atoms with van der Waals surface area (Å²) in [7, 11) is 0. The Morgan fingerprint density at radius 2 is 0.704 bits per heavy atom. The van der Waals surface area contributed by atoms with Crippen molar-refractivity contribution in [3.05, 3.63) is 133 Å². The van der Waals surface area contributed by atoms with E-state index in [2.05, 4.69) is 0 Å². The van der Waals surface area contributed by atoms with Gasteiger partial charge in [-0.1, -0.05) is 39.5 Å². The number of nitro benzene ring substituents is 4. The third-order valence-electron chi connectivity index (χ3n) is 9.32. The van der Waals surface area contributed by atoms with Crippen molar-refractivity contribution < 1.29 is 39.4 Å². The Kier molecular flexibility index (Phi) is 12.3. The Labute approximate surface area is 309 Å². The van der Waals surface area contributed by atoms with Crippen molar-refractivity contribution in [2.75, 3.05) is 13.2 Å². The van der Waals surface area contributed by atoms with Gasteiger partial charge in [-0.2, -0.15) is 0 Å². The first-order valence-corrected chi connectivity index (χ1v) is 17.6. The van der Waals surface area contributed by atoms with Gasteiger partial charge in [0.15, 0.2) is 0 Å². The van der Waals surface area contributed by atoms with E-state index in [1.54, 1.807) is 0 Å². The highest BCUT2D eigenvalue weighted by molar-refractivity contribution is 5.62. The number of hydrogen-bond acceptors (Lipinski definition) is 12. The third kappa shape index (κ3) is 8.82. The van der Waals surface area contributed by atoms with Crippen molar-refractivity contribution in [1.29, 1.82) is 0 Å². The van der Waals surface area contributed by atoms with E-state index < -0.39 is 31.1 Å². The molecule has 0 atom stereocenters. The quantitative estimate of drug-likeness (QED) is 0.0618. The van der Waals surface area contributed by atoms with Gasteiger partial charge in [0.25, 0.3) is 22.7 Å². The van der Waals surface area contributed by atoms with Crippen molar-refractivity contribution in [2.45, 2.75) is 78.1 Å². The first-order chi connectivity index (χ1) is 25.8. The van der Waals surface area contributed by atoms with Crippen LogP contribution in [-0.4, -0.2) is 43.1 Å². The fourth-order valence-electron chi connectivity index (χ4n) is 6.69. The second-order valence-corrected chi connectivity index (χ2v) is 13.3. The summed E-state index contributed by atoms with van der Waals surface area (Å²) < 4.78 is 12.5. The molecule has 0 unspecified atom stereocenters. The molecule has 16 nitrogen and oxygen atoms in total. The van der Waals surface area contributed by atoms with Crippen molar-refractivity contribution in [2.24, 2.45) is 0 Å². The summed E-state index contributed by atoms with van der Waals surface area (Å²) in [6.07, 6.45) is 3.51. The number of phenols is 2. The Morgan fingerprint density at radius 3 is 0.926 bits per heavy atom. The molecule has 0 radical (unpaired) electrons. The Hall–Kier alpha value is -6.32. The zero-order chi connectivity index (χ0) is 39.1. The number of aromatic hydroxyl groups is 2. The molecule has 8 bridgehead atoms. The van der Waals surface area contributed by atoms with Crippen LogP contribution >= 0.6 is 0 Å². The molecule has 284 valence electrons. The van der Waals surface area contributed by atoms with Gasteiger partial charge in [0, 0.05) is 119 Å². The van der Waals surface area contributed by atoms with E-state index in [1.807, 2.05) is 13.8 Å². The number of nitro groups is 4. The topological polar surface area (TPSA) is 231 Å². The second kappa shape index (κ2) is 17.0. The van der Waals surface area contributed by atoms with E-state index in [0.29, 0.717) is 12.8 Å². The molecule has 0 amide bonds. The van der Waals surface area contributed by atoms with Crippen LogP contribution in [0.15, 0.2) is 48.5 Å². The lowest BCUT2D eigenvalue weighted by molar-refractivity contribution is -0.385. The number of fused-ring (bicyclic) bond motifs is 8. The molecule has 0 saturated heterocycles. The minimum absolute atomic E-state index is 0.0349. The summed E-state index contributed by atoms with van der Waals surface area (Å²) in [5.41, 5.74) is -0.578. The maximum absolute atomic E-state index is 12.2. The first-order valence-electron chi connectivity index (χ1n) is 17.6. The van der Waals surface area contributed by atoms with Gasteiger partial charge < -0.3 is 19.7 Å². The van der Waals surface area contributed by atoms with Crippen LogP contribution in [-0.2, 0) is 25.7 Å². The molecule has 0 fully saturated rings. The summed E-state index contributed by atoms with van der Waals surface area (Å²) in [6.45, 7) is 4.38. The summed E-state index contributed by atoms with van der Waals surface area (Å²) in [5.74, 6) is -0.373. The van der Waals surface area contributed by atoms with Crippen LogP contribution in [0.4, 0.5) is 22.7 Å². The Morgan fingerprint density at radius 1 is 0.463 bits per heavy atom. The first kappa shape index (κ1) is 38.9. The molecule has 54 heavy (non-hydrogen) atoms. The van der Waals surface area contributed by atoms with Crippen LogP contribution in [0.5, 0.6) is 23.0 Å². The van der Waals surface area contributed by atoms with Gasteiger partial charge in [0.1, 0.15) is 23.0 Å².